The molecule has 0 saturated heterocycles. The van der Waals surface area contributed by atoms with Crippen LogP contribution in [0.3, 0.4) is 0 Å². The summed E-state index contributed by atoms with van der Waals surface area (Å²) >= 11 is 7.22. The molecule has 2 amide bonds. The number of carbonyl (C=O) groups is 1. The van der Waals surface area contributed by atoms with Crippen molar-refractivity contribution in [3.8, 4) is 17.3 Å². The van der Waals surface area contributed by atoms with Gasteiger partial charge in [0.2, 0.25) is 0 Å². The predicted octanol–water partition coefficient (Wildman–Crippen LogP) is 3.80. The average Bonchev–Trinajstić information content (AvgIpc) is 3.18. The summed E-state index contributed by atoms with van der Waals surface area (Å²) in [7, 11) is -4.02. The van der Waals surface area contributed by atoms with Crippen LogP contribution >= 0.6 is 22.9 Å². The van der Waals surface area contributed by atoms with Gasteiger partial charge in [-0.2, -0.15) is 5.26 Å². The smallest absolute Gasteiger partial charge is 0.326 e. The van der Waals surface area contributed by atoms with Crippen LogP contribution in [0.25, 0.3) is 16.8 Å². The van der Waals surface area contributed by atoms with Crippen LogP contribution < -0.4 is 15.8 Å². The van der Waals surface area contributed by atoms with Crippen molar-refractivity contribution in [3.05, 3.63) is 70.1 Å². The van der Waals surface area contributed by atoms with E-state index in [0.29, 0.717) is 21.3 Å². The Hall–Kier alpha value is -3.39. The Morgan fingerprint density at radius 2 is 1.83 bits per heavy atom. The Labute approximate surface area is 181 Å². The lowest BCUT2D eigenvalue weighted by Crippen LogP contribution is -2.34. The monoisotopic (exact) mass is 459 g/mol. The molecule has 11 heteroatoms. The molecule has 0 aliphatic carbocycles. The fourth-order valence-electron chi connectivity index (χ4n) is 2.37. The molecule has 8 nitrogen and oxygen atoms in total. The number of nitriles is 1. The van der Waals surface area contributed by atoms with Crippen molar-refractivity contribution in [3.63, 3.8) is 0 Å². The van der Waals surface area contributed by atoms with E-state index >= 15 is 0 Å². The van der Waals surface area contributed by atoms with E-state index in [4.69, 9.17) is 17.3 Å². The first kappa shape index (κ1) is 21.3. The van der Waals surface area contributed by atoms with E-state index < -0.39 is 16.1 Å². The van der Waals surface area contributed by atoms with E-state index in [1.807, 2.05) is 17.5 Å². The molecule has 4 N–H and O–H groups in total. The molecule has 2 aromatic carbocycles. The van der Waals surface area contributed by atoms with E-state index in [1.165, 1.54) is 41.8 Å². The minimum absolute atomic E-state index is 0.121. The van der Waals surface area contributed by atoms with Crippen molar-refractivity contribution < 1.29 is 13.2 Å². The molecule has 0 aliphatic heterocycles. The maximum atomic E-state index is 11.9. The zero-order valence-corrected chi connectivity index (χ0v) is 17.6. The molecule has 3 rings (SSSR count). The van der Waals surface area contributed by atoms with E-state index in [9.17, 15) is 18.5 Å². The maximum Gasteiger partial charge on any atom is 0.326 e. The van der Waals surface area contributed by atoms with Crippen LogP contribution in [0, 0.1) is 11.3 Å². The topological polar surface area (TPSA) is 138 Å². The van der Waals surface area contributed by atoms with Crippen molar-refractivity contribution in [2.24, 2.45) is 5.73 Å². The Morgan fingerprint density at radius 3 is 2.43 bits per heavy atom. The van der Waals surface area contributed by atoms with Crippen molar-refractivity contribution in [2.45, 2.75) is 4.90 Å². The third-order valence-corrected chi connectivity index (χ3v) is 6.27. The lowest BCUT2D eigenvalue weighted by atomic mass is 10.2. The first-order chi connectivity index (χ1) is 14.3. The number of benzene rings is 2. The Kier molecular flexibility index (Phi) is 6.37. The third kappa shape index (κ3) is 5.15. The predicted molar refractivity (Wildman–Crippen MR) is 116 cm³/mol. The van der Waals surface area contributed by atoms with Gasteiger partial charge >= 0.3 is 6.03 Å². The van der Waals surface area contributed by atoms with E-state index in [1.54, 1.807) is 16.9 Å². The molecule has 0 saturated carbocycles. The van der Waals surface area contributed by atoms with Crippen molar-refractivity contribution >= 4 is 50.3 Å². The molecular weight excluding hydrogens is 446 g/mol. The summed E-state index contributed by atoms with van der Waals surface area (Å²) in [6.07, 6.45) is 1.48. The second-order valence-electron chi connectivity index (χ2n) is 5.85. The van der Waals surface area contributed by atoms with Gasteiger partial charge in [0.1, 0.15) is 16.6 Å². The number of halogens is 1. The number of thiazole rings is 1. The molecule has 0 spiro atoms. The number of aromatic nitrogens is 1. The highest BCUT2D eigenvalue weighted by atomic mass is 35.5. The molecule has 1 aromatic heterocycles. The second kappa shape index (κ2) is 8.96. The molecule has 152 valence electrons. The van der Waals surface area contributed by atoms with Gasteiger partial charge in [0, 0.05) is 27.9 Å². The number of sulfonamides is 1. The number of carbonyl (C=O) groups excluding carboxylic acids is 1. The number of allylic oxidation sites excluding steroid dienone is 1. The Bertz CT molecular complexity index is 1240. The molecule has 3 aromatic rings. The number of nitrogens with one attached hydrogen (secondary N) is 2. The normalized spacial score (nSPS) is 11.5. The summed E-state index contributed by atoms with van der Waals surface area (Å²) in [6.45, 7) is 0. The van der Waals surface area contributed by atoms with Crippen LogP contribution in [0.2, 0.25) is 5.02 Å². The molecule has 0 unspecified atom stereocenters. The molecule has 0 fully saturated rings. The highest BCUT2D eigenvalue weighted by Gasteiger charge is 2.15. The van der Waals surface area contributed by atoms with E-state index in [-0.39, 0.29) is 4.90 Å². The summed E-state index contributed by atoms with van der Waals surface area (Å²) in [5.41, 5.74) is 7.31. The minimum atomic E-state index is -4.02. The highest BCUT2D eigenvalue weighted by Crippen LogP contribution is 2.27. The molecule has 1 heterocycles. The summed E-state index contributed by atoms with van der Waals surface area (Å²) in [4.78, 5) is 15.1. The zero-order valence-electron chi connectivity index (χ0n) is 15.2. The number of nitrogens with zero attached hydrogens (tertiary/aromatic N) is 2. The molecule has 30 heavy (non-hydrogen) atoms. The van der Waals surface area contributed by atoms with Crippen LogP contribution in [0.1, 0.15) is 5.01 Å². The molecular formula is C19H14ClN5O3S2. The standard InChI is InChI=1S/C19H14ClN5O3S2/c20-14-3-1-12(2-4-14)17-11-29-18(24-17)13(9-21)10-23-15-5-7-16(8-6-15)30(27,28)25-19(22)26/h1-8,10-11,23H,(H3,22,25,26). The fraction of sp³-hybridized carbons (Fsp3) is 0. The number of rotatable bonds is 6. The van der Waals surface area contributed by atoms with Gasteiger partial charge in [-0.15, -0.1) is 11.3 Å². The van der Waals surface area contributed by atoms with E-state index in [2.05, 4.69) is 16.4 Å². The van der Waals surface area contributed by atoms with Gasteiger partial charge in [-0.05, 0) is 36.4 Å². The average molecular weight is 460 g/mol. The summed E-state index contributed by atoms with van der Waals surface area (Å²) < 4.78 is 25.5. The number of primary amides is 1. The van der Waals surface area contributed by atoms with Gasteiger partial charge < -0.3 is 11.1 Å². The number of hydrogen-bond donors (Lipinski definition) is 3. The van der Waals surface area contributed by atoms with Crippen LogP contribution in [0.4, 0.5) is 10.5 Å². The number of nitrogens with two attached hydrogens (primary N) is 1. The first-order valence-corrected chi connectivity index (χ1v) is 11.0. The molecule has 0 bridgehead atoms. The SMILES string of the molecule is N#CC(=CNc1ccc(S(=O)(=O)NC(N)=O)cc1)c1nc(-c2ccc(Cl)cc2)cs1. The minimum Gasteiger partial charge on any atom is -0.360 e. The largest absolute Gasteiger partial charge is 0.360 e. The van der Waals surface area contributed by atoms with Crippen molar-refractivity contribution in [1.82, 2.24) is 9.71 Å². The fourth-order valence-corrected chi connectivity index (χ4v) is 4.17. The lowest BCUT2D eigenvalue weighted by molar-refractivity contribution is 0.253. The number of amides is 2. The highest BCUT2D eigenvalue weighted by molar-refractivity contribution is 7.90. The van der Waals surface area contributed by atoms with Gasteiger partial charge in [0.15, 0.2) is 0 Å². The maximum absolute atomic E-state index is 11.9. The van der Waals surface area contributed by atoms with Crippen LogP contribution in [-0.2, 0) is 10.0 Å². The third-order valence-electron chi connectivity index (χ3n) is 3.78. The summed E-state index contributed by atoms with van der Waals surface area (Å²) in [5.74, 6) is 0. The zero-order chi connectivity index (χ0) is 21.7. The van der Waals surface area contributed by atoms with Gasteiger partial charge in [0.05, 0.1) is 10.6 Å². The van der Waals surface area contributed by atoms with Gasteiger partial charge in [-0.25, -0.2) is 22.9 Å². The molecule has 0 atom stereocenters. The first-order valence-electron chi connectivity index (χ1n) is 8.29. The van der Waals surface area contributed by atoms with Gasteiger partial charge in [-0.3, -0.25) is 0 Å². The lowest BCUT2D eigenvalue weighted by Gasteiger charge is -2.06. The van der Waals surface area contributed by atoms with Gasteiger partial charge in [0.25, 0.3) is 10.0 Å². The van der Waals surface area contributed by atoms with E-state index in [0.717, 1.165) is 11.3 Å². The Morgan fingerprint density at radius 1 is 1.17 bits per heavy atom. The van der Waals surface area contributed by atoms with Crippen LogP contribution in [0.5, 0.6) is 0 Å². The van der Waals surface area contributed by atoms with Crippen LogP contribution in [-0.4, -0.2) is 19.4 Å². The molecule has 0 aliphatic rings. The van der Waals surface area contributed by atoms with Gasteiger partial charge in [-0.1, -0.05) is 23.7 Å². The van der Waals surface area contributed by atoms with Crippen molar-refractivity contribution in [2.75, 3.05) is 5.32 Å². The summed E-state index contributed by atoms with van der Waals surface area (Å²) in [6, 6.07) is 13.7. The summed E-state index contributed by atoms with van der Waals surface area (Å²) in [5, 5.41) is 15.4. The van der Waals surface area contributed by atoms with Crippen molar-refractivity contribution in [1.29, 1.82) is 5.26 Å². The second-order valence-corrected chi connectivity index (χ2v) is 8.83. The number of hydrogen-bond acceptors (Lipinski definition) is 7. The number of urea groups is 1. The molecule has 0 radical (unpaired) electrons. The van der Waals surface area contributed by atoms with Crippen LogP contribution in [0.15, 0.2) is 65.0 Å². The Balaban J connectivity index is 1.76. The quantitative estimate of drug-likeness (QED) is 0.479. The number of anilines is 1.